The van der Waals surface area contributed by atoms with Crippen LogP contribution in [0.5, 0.6) is 0 Å². The quantitative estimate of drug-likeness (QED) is 0.330. The van der Waals surface area contributed by atoms with Gasteiger partial charge >= 0.3 is 0 Å². The van der Waals surface area contributed by atoms with Crippen molar-refractivity contribution in [3.63, 3.8) is 0 Å². The van der Waals surface area contributed by atoms with Gasteiger partial charge in [0.2, 0.25) is 0 Å². The summed E-state index contributed by atoms with van der Waals surface area (Å²) in [6, 6.07) is 0. The molecule has 2 heteroatoms. The van der Waals surface area contributed by atoms with Gasteiger partial charge in [-0.2, -0.15) is 5.37 Å². The van der Waals surface area contributed by atoms with Crippen LogP contribution in [0.4, 0.5) is 0 Å². The van der Waals surface area contributed by atoms with Crippen molar-refractivity contribution in [1.82, 2.24) is 0 Å². The first kappa shape index (κ1) is 5.63. The first-order chi connectivity index (χ1) is 3.89. The Balaban J connectivity index is 2.98. The van der Waals surface area contributed by atoms with Gasteiger partial charge in [0.05, 0.1) is 0 Å². The second-order valence-corrected chi connectivity index (χ2v) is 3.23. The summed E-state index contributed by atoms with van der Waals surface area (Å²) in [6.45, 7) is 0. The number of hydrogen-bond acceptors (Lipinski definition) is 2. The molecule has 1 rings (SSSR count). The van der Waals surface area contributed by atoms with E-state index in [4.69, 9.17) is 0 Å². The van der Waals surface area contributed by atoms with E-state index < -0.39 is 0 Å². The average Bonchev–Trinajstić information content (AvgIpc) is 1.94. The molecule has 0 spiro atoms. The fourth-order valence-corrected chi connectivity index (χ4v) is 1.11. The molecule has 0 aromatic carbocycles. The first-order valence-corrected chi connectivity index (χ1v) is 4.16. The van der Waals surface area contributed by atoms with Gasteiger partial charge in [0.1, 0.15) is 0 Å². The van der Waals surface area contributed by atoms with Crippen LogP contribution < -0.4 is 0 Å². The van der Waals surface area contributed by atoms with Gasteiger partial charge in [-0.05, 0) is 6.08 Å². The van der Waals surface area contributed by atoms with Crippen LogP contribution in [0.3, 0.4) is 0 Å². The molecule has 0 fully saturated rings. The Hall–Kier alpha value is -0.500. The number of aliphatic imine (C=N–C) groups is 1. The molecule has 44 valence electrons. The van der Waals surface area contributed by atoms with Gasteiger partial charge in [0, 0.05) is 6.21 Å². The van der Waals surface area contributed by atoms with Gasteiger partial charge in [0.15, 0.2) is 0 Å². The zero-order chi connectivity index (χ0) is 5.82. The molecule has 1 nitrogen and oxygen atoms in total. The van der Waals surface area contributed by atoms with Gasteiger partial charge in [0.25, 0.3) is 0 Å². The zero-order valence-electron chi connectivity index (χ0n) is 4.74. The second-order valence-electron chi connectivity index (χ2n) is 1.53. The van der Waals surface area contributed by atoms with Gasteiger partial charge in [-0.1, -0.05) is 11.6 Å². The predicted molar refractivity (Wildman–Crippen MR) is 43.0 cm³/mol. The van der Waals surface area contributed by atoms with Crippen molar-refractivity contribution in [1.29, 1.82) is 0 Å². The number of hydrogen-bond donors (Lipinski definition) is 0. The molecular formula is C6H8NS-. The highest BCUT2D eigenvalue weighted by Gasteiger charge is 1.60. The molecule has 8 heavy (non-hydrogen) atoms. The summed E-state index contributed by atoms with van der Waals surface area (Å²) in [7, 11) is 0.258. The minimum absolute atomic E-state index is 0.258. The summed E-state index contributed by atoms with van der Waals surface area (Å²) >= 11 is 0. The Kier molecular flexibility index (Phi) is 1.92. The molecule has 0 atom stereocenters. The minimum atomic E-state index is 0.258. The van der Waals surface area contributed by atoms with Gasteiger partial charge in [-0.3, -0.25) is 4.99 Å². The van der Waals surface area contributed by atoms with Gasteiger partial charge in [-0.25, -0.2) is 0 Å². The van der Waals surface area contributed by atoms with Crippen molar-refractivity contribution in [2.45, 2.75) is 0 Å². The smallest absolute Gasteiger partial charge is 0.0240 e. The highest BCUT2D eigenvalue weighted by Crippen LogP contribution is 1.71. The van der Waals surface area contributed by atoms with Crippen LogP contribution in [0.2, 0.25) is 0 Å². The third-order valence-corrected chi connectivity index (χ3v) is 1.84. The maximum Gasteiger partial charge on any atom is 0.0240 e. The third-order valence-electron chi connectivity index (χ3n) is 0.804. The first-order valence-electron chi connectivity index (χ1n) is 2.40. The van der Waals surface area contributed by atoms with Crippen LogP contribution in [0.15, 0.2) is 17.1 Å². The normalized spacial score (nSPS) is 19.1. The maximum atomic E-state index is 4.00. The van der Waals surface area contributed by atoms with Crippen LogP contribution in [0, 0.1) is 0 Å². The predicted octanol–water partition coefficient (Wildman–Crippen LogP) is 0.437. The molecule has 0 radical (unpaired) electrons. The second kappa shape index (κ2) is 2.72. The average molecular weight is 126 g/mol. The molecule has 0 unspecified atom stereocenters. The van der Waals surface area contributed by atoms with E-state index in [0.717, 1.165) is 0 Å². The standard InChI is InChI=1S/C6H8NS/c1-8-5-3-2-4-7-6-8/h2-6H,1H3/q-1. The molecule has 0 N–H and O–H groups in total. The van der Waals surface area contributed by atoms with Crippen molar-refractivity contribution >= 4 is 27.1 Å². The maximum absolute atomic E-state index is 4.00. The summed E-state index contributed by atoms with van der Waals surface area (Å²) in [5, 5.41) is 2.13. The fraction of sp³-hybridized carbons (Fsp3) is 0.167. The van der Waals surface area contributed by atoms with Crippen LogP contribution in [0.1, 0.15) is 0 Å². The Bertz CT molecular complexity index is 185. The number of allylic oxidation sites excluding steroid dienone is 2. The lowest BCUT2D eigenvalue weighted by Crippen LogP contribution is -1.76. The third kappa shape index (κ3) is 1.54. The van der Waals surface area contributed by atoms with E-state index in [-0.39, 0.29) is 10.1 Å². The molecule has 0 bridgehead atoms. The van der Waals surface area contributed by atoms with Crippen molar-refractivity contribution in [2.24, 2.45) is 4.99 Å². The molecule has 0 aromatic rings. The molecule has 0 saturated heterocycles. The molecule has 0 aromatic heterocycles. The summed E-state index contributed by atoms with van der Waals surface area (Å²) in [4.78, 5) is 4.00. The van der Waals surface area contributed by atoms with Crippen molar-refractivity contribution in [3.05, 3.63) is 12.2 Å². The minimum Gasteiger partial charge on any atom is -0.456 e. The lowest BCUT2D eigenvalue weighted by atomic mass is 10.6. The lowest BCUT2D eigenvalue weighted by Gasteiger charge is -1.91. The largest absolute Gasteiger partial charge is 0.456 e. The molecule has 0 saturated carbocycles. The van der Waals surface area contributed by atoms with Crippen LogP contribution >= 0.6 is 0 Å². The van der Waals surface area contributed by atoms with E-state index in [0.29, 0.717) is 0 Å². The van der Waals surface area contributed by atoms with Gasteiger partial charge < -0.3 is 10.1 Å². The molecule has 1 aliphatic heterocycles. The topological polar surface area (TPSA) is 12.4 Å². The molecule has 0 amide bonds. The molecule has 0 aliphatic carbocycles. The van der Waals surface area contributed by atoms with Crippen LogP contribution in [0.25, 0.3) is 0 Å². The van der Waals surface area contributed by atoms with E-state index in [1.165, 1.54) is 0 Å². The summed E-state index contributed by atoms with van der Waals surface area (Å²) < 4.78 is 0. The van der Waals surface area contributed by atoms with E-state index in [1.807, 2.05) is 17.6 Å². The zero-order valence-corrected chi connectivity index (χ0v) is 5.56. The van der Waals surface area contributed by atoms with E-state index >= 15 is 0 Å². The molecule has 1 heterocycles. The van der Waals surface area contributed by atoms with E-state index in [1.54, 1.807) is 6.21 Å². The molecular weight excluding hydrogens is 118 g/mol. The van der Waals surface area contributed by atoms with Crippen molar-refractivity contribution in [2.75, 3.05) is 6.26 Å². The van der Waals surface area contributed by atoms with E-state index in [9.17, 15) is 0 Å². The summed E-state index contributed by atoms with van der Waals surface area (Å²) in [5.41, 5.74) is 1.94. The van der Waals surface area contributed by atoms with Crippen molar-refractivity contribution in [3.8, 4) is 0 Å². The Morgan fingerprint density at radius 3 is 3.12 bits per heavy atom. The Morgan fingerprint density at radius 1 is 1.38 bits per heavy atom. The number of nitrogens with zero attached hydrogens (tertiary/aromatic N) is 1. The fourth-order valence-electron chi connectivity index (χ4n) is 0.435. The summed E-state index contributed by atoms with van der Waals surface area (Å²) in [6.07, 6.45) is 7.89. The highest BCUT2D eigenvalue weighted by molar-refractivity contribution is 7.93. The van der Waals surface area contributed by atoms with Crippen LogP contribution in [-0.2, 0) is 10.1 Å². The van der Waals surface area contributed by atoms with E-state index in [2.05, 4.69) is 16.6 Å². The Morgan fingerprint density at radius 2 is 2.25 bits per heavy atom. The lowest BCUT2D eigenvalue weighted by molar-refractivity contribution is 1.88. The van der Waals surface area contributed by atoms with Gasteiger partial charge in [-0.15, -0.1) is 6.26 Å². The highest BCUT2D eigenvalue weighted by atomic mass is 32.2. The molecule has 1 aliphatic rings. The number of rotatable bonds is 0. The van der Waals surface area contributed by atoms with Crippen molar-refractivity contribution < 1.29 is 0 Å². The SMILES string of the molecule is C[S-]1=CC=CC=NC=1. The summed E-state index contributed by atoms with van der Waals surface area (Å²) in [5.74, 6) is 0. The Labute approximate surface area is 51.3 Å². The van der Waals surface area contributed by atoms with Crippen LogP contribution in [-0.4, -0.2) is 23.3 Å². The monoisotopic (exact) mass is 126 g/mol.